The molecule has 10 aromatic rings. The van der Waals surface area contributed by atoms with Gasteiger partial charge in [0.05, 0.1) is 27.8 Å². The molecule has 0 fully saturated rings. The number of pyridine rings is 1. The van der Waals surface area contributed by atoms with Crippen molar-refractivity contribution in [2.75, 3.05) is 0 Å². The van der Waals surface area contributed by atoms with Gasteiger partial charge >= 0.3 is 0 Å². The van der Waals surface area contributed by atoms with Gasteiger partial charge < -0.3 is 4.57 Å². The Morgan fingerprint density at radius 1 is 0.550 bits per heavy atom. The summed E-state index contributed by atoms with van der Waals surface area (Å²) in [6.45, 7) is 6.83. The van der Waals surface area contributed by atoms with Crippen LogP contribution in [0.2, 0.25) is 0 Å². The van der Waals surface area contributed by atoms with E-state index in [2.05, 4.69) is 176 Å². The molecule has 2 aliphatic carbocycles. The van der Waals surface area contributed by atoms with Gasteiger partial charge in [-0.25, -0.2) is 4.98 Å². The van der Waals surface area contributed by atoms with E-state index in [-0.39, 0.29) is 5.41 Å². The molecule has 60 heavy (non-hydrogen) atoms. The fourth-order valence-corrected chi connectivity index (χ4v) is 9.78. The molecule has 1 atom stereocenters. The van der Waals surface area contributed by atoms with Gasteiger partial charge in [0.15, 0.2) is 11.6 Å². The standard InChI is InChI=1S/C54H40N6/c1-33-13-11-16-37(29-33)52-56-51(34-14-5-4-6-15-34)57-53(58-52)60-47-21-10-8-18-40(47)42-31-36(23-27-49(42)60)35-22-26-48-41(30-35)39-17-7-9-20-46(39)59(48)38-24-25-44-43(32-38)50-45(54(44,2)3)19-12-28-55-50/h4-12,14-33H,13H2,1-3H3. The molecule has 0 saturated carbocycles. The van der Waals surface area contributed by atoms with Crippen LogP contribution in [0.1, 0.15) is 44.1 Å². The monoisotopic (exact) mass is 772 g/mol. The van der Waals surface area contributed by atoms with Gasteiger partial charge in [-0.05, 0) is 89.2 Å². The van der Waals surface area contributed by atoms with Gasteiger partial charge in [-0.2, -0.15) is 9.97 Å². The fourth-order valence-electron chi connectivity index (χ4n) is 9.78. The first-order valence-electron chi connectivity index (χ1n) is 20.8. The van der Waals surface area contributed by atoms with Crippen LogP contribution in [0.25, 0.3) is 94.6 Å². The largest absolute Gasteiger partial charge is 0.309 e. The van der Waals surface area contributed by atoms with Crippen LogP contribution in [0.15, 0.2) is 170 Å². The van der Waals surface area contributed by atoms with Crippen molar-refractivity contribution in [1.29, 1.82) is 0 Å². The lowest BCUT2D eigenvalue weighted by Crippen LogP contribution is -2.15. The number of nitrogens with zero attached hydrogens (tertiary/aromatic N) is 6. The van der Waals surface area contributed by atoms with Crippen molar-refractivity contribution in [3.05, 3.63) is 187 Å². The average molecular weight is 773 g/mol. The third-order valence-corrected chi connectivity index (χ3v) is 12.7. The number of aromatic nitrogens is 6. The highest BCUT2D eigenvalue weighted by molar-refractivity contribution is 6.12. The Labute approximate surface area is 347 Å². The topological polar surface area (TPSA) is 61.4 Å². The van der Waals surface area contributed by atoms with Gasteiger partial charge in [-0.1, -0.05) is 130 Å². The highest BCUT2D eigenvalue weighted by Crippen LogP contribution is 2.48. The lowest BCUT2D eigenvalue weighted by atomic mass is 9.83. The smallest absolute Gasteiger partial charge is 0.238 e. The number of fused-ring (bicyclic) bond motifs is 9. The zero-order chi connectivity index (χ0) is 40.1. The average Bonchev–Trinajstić information content (AvgIpc) is 3.89. The third-order valence-electron chi connectivity index (χ3n) is 12.7. The first-order chi connectivity index (χ1) is 29.4. The van der Waals surface area contributed by atoms with Crippen LogP contribution in [-0.2, 0) is 5.41 Å². The third kappa shape index (κ3) is 5.20. The Morgan fingerprint density at radius 3 is 1.93 bits per heavy atom. The summed E-state index contributed by atoms with van der Waals surface area (Å²) in [5.74, 6) is 2.36. The Bertz CT molecular complexity index is 3450. The Morgan fingerprint density at radius 2 is 1.20 bits per heavy atom. The second-order valence-electron chi connectivity index (χ2n) is 16.8. The SMILES string of the molecule is CC1C=C(c2nc(-c3ccccc3)nc(-n3c4ccccc4c4cc(-c5ccc6c(c5)c5ccccc5n6-c5ccc6c(c5)-c5ncccc5C6(C)C)ccc43)n2)C=CC1. The second-order valence-corrected chi connectivity index (χ2v) is 16.8. The van der Waals surface area contributed by atoms with Crippen molar-refractivity contribution < 1.29 is 0 Å². The van der Waals surface area contributed by atoms with Crippen LogP contribution in [0.4, 0.5) is 0 Å². The molecule has 6 nitrogen and oxygen atoms in total. The minimum Gasteiger partial charge on any atom is -0.309 e. The molecule has 0 bridgehead atoms. The van der Waals surface area contributed by atoms with E-state index in [9.17, 15) is 0 Å². The van der Waals surface area contributed by atoms with Gasteiger partial charge in [0, 0.05) is 55.5 Å². The van der Waals surface area contributed by atoms with E-state index >= 15 is 0 Å². The van der Waals surface area contributed by atoms with E-state index in [0.717, 1.165) is 61.9 Å². The van der Waals surface area contributed by atoms with E-state index in [1.807, 2.05) is 24.4 Å². The molecule has 0 N–H and O–H groups in total. The van der Waals surface area contributed by atoms with E-state index in [0.29, 0.717) is 23.5 Å². The summed E-state index contributed by atoms with van der Waals surface area (Å²) in [4.78, 5) is 20.2. The molecule has 4 heterocycles. The summed E-state index contributed by atoms with van der Waals surface area (Å²) in [6, 6.07) is 52.4. The van der Waals surface area contributed by atoms with Crippen LogP contribution >= 0.6 is 0 Å². The summed E-state index contributed by atoms with van der Waals surface area (Å²) in [5, 5.41) is 4.74. The highest BCUT2D eigenvalue weighted by atomic mass is 15.2. The molecule has 0 spiro atoms. The fraction of sp³-hybridized carbons (Fsp3) is 0.111. The summed E-state index contributed by atoms with van der Waals surface area (Å²) in [5.41, 5.74) is 14.7. The zero-order valence-electron chi connectivity index (χ0n) is 33.6. The van der Waals surface area contributed by atoms with E-state index < -0.39 is 0 Å². The minimum absolute atomic E-state index is 0.0941. The summed E-state index contributed by atoms with van der Waals surface area (Å²) >= 11 is 0. The summed E-state index contributed by atoms with van der Waals surface area (Å²) in [6.07, 6.45) is 9.55. The lowest BCUT2D eigenvalue weighted by Gasteiger charge is -2.21. The molecule has 6 heteroatoms. The molecule has 0 amide bonds. The number of para-hydroxylation sites is 2. The number of hydrogen-bond donors (Lipinski definition) is 0. The van der Waals surface area contributed by atoms with E-state index in [1.54, 1.807) is 0 Å². The first kappa shape index (κ1) is 34.6. The Kier molecular flexibility index (Phi) is 7.51. The maximum absolute atomic E-state index is 5.18. The quantitative estimate of drug-likeness (QED) is 0.175. The van der Waals surface area contributed by atoms with Crippen LogP contribution < -0.4 is 0 Å². The molecular weight excluding hydrogens is 733 g/mol. The number of hydrogen-bond acceptors (Lipinski definition) is 4. The van der Waals surface area contributed by atoms with Crippen LogP contribution in [0.3, 0.4) is 0 Å². The maximum Gasteiger partial charge on any atom is 0.238 e. The van der Waals surface area contributed by atoms with Crippen LogP contribution in [-0.4, -0.2) is 29.1 Å². The molecule has 4 aromatic heterocycles. The summed E-state index contributed by atoms with van der Waals surface area (Å²) in [7, 11) is 0. The number of allylic oxidation sites excluding steroid dienone is 4. The second kappa shape index (κ2) is 13.0. The Balaban J connectivity index is 1.01. The first-order valence-corrected chi connectivity index (χ1v) is 20.8. The minimum atomic E-state index is -0.0941. The summed E-state index contributed by atoms with van der Waals surface area (Å²) < 4.78 is 4.61. The highest BCUT2D eigenvalue weighted by Gasteiger charge is 2.36. The molecule has 1 unspecified atom stereocenters. The normalized spacial score (nSPS) is 15.5. The predicted molar refractivity (Wildman–Crippen MR) is 246 cm³/mol. The predicted octanol–water partition coefficient (Wildman–Crippen LogP) is 13.1. The van der Waals surface area contributed by atoms with Crippen molar-refractivity contribution in [2.45, 2.75) is 32.6 Å². The molecule has 2 aliphatic rings. The molecule has 0 saturated heterocycles. The van der Waals surface area contributed by atoms with Gasteiger partial charge in [0.1, 0.15) is 0 Å². The van der Waals surface area contributed by atoms with Crippen molar-refractivity contribution in [3.8, 4) is 45.4 Å². The van der Waals surface area contributed by atoms with Gasteiger partial charge in [-0.3, -0.25) is 9.55 Å². The van der Waals surface area contributed by atoms with Crippen molar-refractivity contribution in [3.63, 3.8) is 0 Å². The molecular formula is C54H40N6. The van der Waals surface area contributed by atoms with E-state index in [4.69, 9.17) is 19.9 Å². The lowest BCUT2D eigenvalue weighted by molar-refractivity contribution is 0.659. The molecule has 6 aromatic carbocycles. The van der Waals surface area contributed by atoms with Crippen molar-refractivity contribution >= 4 is 49.2 Å². The number of benzene rings is 6. The van der Waals surface area contributed by atoms with Gasteiger partial charge in [0.2, 0.25) is 5.95 Å². The molecule has 286 valence electrons. The van der Waals surface area contributed by atoms with E-state index in [1.165, 1.54) is 38.5 Å². The van der Waals surface area contributed by atoms with Crippen molar-refractivity contribution in [2.24, 2.45) is 5.92 Å². The van der Waals surface area contributed by atoms with Crippen LogP contribution in [0, 0.1) is 5.92 Å². The molecule has 0 aliphatic heterocycles. The maximum atomic E-state index is 5.18. The van der Waals surface area contributed by atoms with Crippen LogP contribution in [0.5, 0.6) is 0 Å². The molecule has 12 rings (SSSR count). The molecule has 0 radical (unpaired) electrons. The zero-order valence-corrected chi connectivity index (χ0v) is 33.6. The van der Waals surface area contributed by atoms with Gasteiger partial charge in [0.25, 0.3) is 0 Å². The number of rotatable bonds is 5. The van der Waals surface area contributed by atoms with Crippen molar-refractivity contribution in [1.82, 2.24) is 29.1 Å². The van der Waals surface area contributed by atoms with Gasteiger partial charge in [-0.15, -0.1) is 0 Å². The Hall–Kier alpha value is -7.44.